The van der Waals surface area contributed by atoms with Gasteiger partial charge in [-0.2, -0.15) is 0 Å². The van der Waals surface area contributed by atoms with E-state index in [1.165, 1.54) is 0 Å². The van der Waals surface area contributed by atoms with Gasteiger partial charge in [0, 0.05) is 26.0 Å². The Kier molecular flexibility index (Phi) is 6.78. The Morgan fingerprint density at radius 1 is 1.25 bits per heavy atom. The van der Waals surface area contributed by atoms with Gasteiger partial charge in [0.05, 0.1) is 15.7 Å². The number of benzene rings is 1. The first-order valence-corrected chi connectivity index (χ1v) is 8.10. The first-order valence-electron chi connectivity index (χ1n) is 7.35. The third-order valence-corrected chi connectivity index (χ3v) is 3.73. The fourth-order valence-electron chi connectivity index (χ4n) is 1.98. The fourth-order valence-corrected chi connectivity index (χ4v) is 2.47. The summed E-state index contributed by atoms with van der Waals surface area (Å²) >= 11 is 12.3. The second-order valence-corrected chi connectivity index (χ2v) is 5.86. The van der Waals surface area contributed by atoms with Crippen molar-refractivity contribution in [1.29, 1.82) is 0 Å². The molecule has 1 heterocycles. The van der Waals surface area contributed by atoms with Crippen LogP contribution in [0.1, 0.15) is 22.6 Å². The second-order valence-electron chi connectivity index (χ2n) is 5.04. The van der Waals surface area contributed by atoms with Crippen LogP contribution in [0, 0.1) is 6.92 Å². The Labute approximate surface area is 150 Å². The molecule has 0 bridgehead atoms. The van der Waals surface area contributed by atoms with Crippen LogP contribution in [0.15, 0.2) is 24.3 Å². The predicted molar refractivity (Wildman–Crippen MR) is 95.3 cm³/mol. The van der Waals surface area contributed by atoms with Gasteiger partial charge < -0.3 is 15.4 Å². The fraction of sp³-hybridized carbons (Fsp3) is 0.312. The van der Waals surface area contributed by atoms with Gasteiger partial charge in [-0.25, -0.2) is 9.97 Å². The van der Waals surface area contributed by atoms with Crippen molar-refractivity contribution in [3.05, 3.63) is 45.7 Å². The number of amides is 1. The number of nitrogens with zero attached hydrogens (tertiary/aromatic N) is 2. The summed E-state index contributed by atoms with van der Waals surface area (Å²) in [5.74, 6) is -0.0167. The van der Waals surface area contributed by atoms with Crippen LogP contribution in [0.5, 0.6) is 0 Å². The van der Waals surface area contributed by atoms with Crippen molar-refractivity contribution in [2.75, 3.05) is 25.6 Å². The van der Waals surface area contributed by atoms with Gasteiger partial charge in [-0.3, -0.25) is 4.79 Å². The normalized spacial score (nSPS) is 10.5. The molecule has 0 unspecified atom stereocenters. The molecule has 0 aliphatic rings. The molecule has 6 nitrogen and oxygen atoms in total. The molecule has 24 heavy (non-hydrogen) atoms. The van der Waals surface area contributed by atoms with Gasteiger partial charge in [0.25, 0.3) is 5.91 Å². The zero-order valence-corrected chi connectivity index (χ0v) is 14.9. The maximum absolute atomic E-state index is 12.2. The van der Waals surface area contributed by atoms with E-state index in [0.717, 1.165) is 6.42 Å². The number of carbonyl (C=O) groups is 1. The van der Waals surface area contributed by atoms with Crippen molar-refractivity contribution >= 4 is 40.7 Å². The van der Waals surface area contributed by atoms with Crippen molar-refractivity contribution in [1.82, 2.24) is 15.3 Å². The maximum Gasteiger partial charge on any atom is 0.270 e. The van der Waals surface area contributed by atoms with Crippen molar-refractivity contribution in [2.45, 2.75) is 13.3 Å². The lowest BCUT2D eigenvalue weighted by Crippen LogP contribution is -2.26. The summed E-state index contributed by atoms with van der Waals surface area (Å²) in [6, 6.07) is 6.76. The topological polar surface area (TPSA) is 76.1 Å². The van der Waals surface area contributed by atoms with E-state index in [9.17, 15) is 4.79 Å². The molecule has 2 aromatic rings. The van der Waals surface area contributed by atoms with E-state index in [1.807, 2.05) is 0 Å². The van der Waals surface area contributed by atoms with Crippen LogP contribution in [0.3, 0.4) is 0 Å². The highest BCUT2D eigenvalue weighted by Crippen LogP contribution is 2.31. The summed E-state index contributed by atoms with van der Waals surface area (Å²) in [6.07, 6.45) is 0.729. The highest BCUT2D eigenvalue weighted by atomic mass is 35.5. The highest BCUT2D eigenvalue weighted by molar-refractivity contribution is 6.39. The van der Waals surface area contributed by atoms with Gasteiger partial charge in [0.15, 0.2) is 0 Å². The molecule has 0 saturated carbocycles. The molecule has 1 aromatic heterocycles. The number of hydrogen-bond acceptors (Lipinski definition) is 5. The van der Waals surface area contributed by atoms with Crippen molar-refractivity contribution in [2.24, 2.45) is 0 Å². The molecule has 1 aromatic carbocycles. The Morgan fingerprint density at radius 2 is 1.96 bits per heavy atom. The lowest BCUT2D eigenvalue weighted by Gasteiger charge is -2.11. The Hall–Kier alpha value is -1.89. The summed E-state index contributed by atoms with van der Waals surface area (Å²) < 4.78 is 4.94. The summed E-state index contributed by atoms with van der Waals surface area (Å²) in [6.45, 7) is 2.87. The summed E-state index contributed by atoms with van der Waals surface area (Å²) in [5, 5.41) is 6.64. The van der Waals surface area contributed by atoms with Crippen molar-refractivity contribution in [3.8, 4) is 0 Å². The summed E-state index contributed by atoms with van der Waals surface area (Å²) in [5.41, 5.74) is 1.42. The van der Waals surface area contributed by atoms with E-state index in [1.54, 1.807) is 38.3 Å². The number of anilines is 2. The minimum atomic E-state index is -0.273. The van der Waals surface area contributed by atoms with Gasteiger partial charge in [-0.1, -0.05) is 29.3 Å². The average molecular weight is 369 g/mol. The smallest absolute Gasteiger partial charge is 0.270 e. The minimum absolute atomic E-state index is 0.257. The number of ether oxygens (including phenoxy) is 1. The Bertz CT molecular complexity index is 705. The number of para-hydroxylation sites is 1. The van der Waals surface area contributed by atoms with E-state index < -0.39 is 0 Å². The van der Waals surface area contributed by atoms with Crippen LogP contribution < -0.4 is 10.6 Å². The lowest BCUT2D eigenvalue weighted by atomic mass is 10.3. The summed E-state index contributed by atoms with van der Waals surface area (Å²) in [7, 11) is 1.62. The molecular weight excluding hydrogens is 351 g/mol. The predicted octanol–water partition coefficient (Wildman–Crippen LogP) is 3.60. The molecule has 0 saturated heterocycles. The second kappa shape index (κ2) is 8.82. The number of carbonyl (C=O) groups excluding carboxylic acids is 1. The van der Waals surface area contributed by atoms with Gasteiger partial charge >= 0.3 is 0 Å². The molecule has 2 rings (SSSR count). The molecular formula is C16H18Cl2N4O2. The number of aryl methyl sites for hydroxylation is 1. The number of methoxy groups -OCH3 is 1. The third kappa shape index (κ3) is 5.06. The quantitative estimate of drug-likeness (QED) is 0.730. The average Bonchev–Trinajstić information content (AvgIpc) is 2.54. The largest absolute Gasteiger partial charge is 0.385 e. The van der Waals surface area contributed by atoms with Crippen molar-refractivity contribution < 1.29 is 9.53 Å². The van der Waals surface area contributed by atoms with Crippen LogP contribution in [0.2, 0.25) is 10.0 Å². The molecule has 2 N–H and O–H groups in total. The molecule has 0 radical (unpaired) electrons. The zero-order chi connectivity index (χ0) is 17.5. The molecule has 128 valence electrons. The van der Waals surface area contributed by atoms with Crippen LogP contribution in [0.4, 0.5) is 11.6 Å². The van der Waals surface area contributed by atoms with Gasteiger partial charge in [0.2, 0.25) is 5.95 Å². The number of rotatable bonds is 7. The van der Waals surface area contributed by atoms with Gasteiger partial charge in [-0.05, 0) is 31.5 Å². The molecule has 1 amide bonds. The van der Waals surface area contributed by atoms with E-state index in [2.05, 4.69) is 20.6 Å². The van der Waals surface area contributed by atoms with Crippen LogP contribution in [-0.2, 0) is 4.74 Å². The Morgan fingerprint density at radius 3 is 2.62 bits per heavy atom. The van der Waals surface area contributed by atoms with Crippen LogP contribution in [-0.4, -0.2) is 36.1 Å². The standard InChI is InChI=1S/C16H18Cl2N4O2/c1-10-9-13(15(23)19-7-4-8-24-2)21-16(20-10)22-14-11(17)5-3-6-12(14)18/h3,5-6,9H,4,7-8H2,1-2H3,(H,19,23)(H,20,21,22). The van der Waals surface area contributed by atoms with Crippen molar-refractivity contribution in [3.63, 3.8) is 0 Å². The SMILES string of the molecule is COCCCNC(=O)c1cc(C)nc(Nc2c(Cl)cccc2Cl)n1. The number of nitrogens with one attached hydrogen (secondary N) is 2. The maximum atomic E-state index is 12.2. The highest BCUT2D eigenvalue weighted by Gasteiger charge is 2.12. The molecule has 8 heteroatoms. The van der Waals surface area contributed by atoms with E-state index in [0.29, 0.717) is 34.6 Å². The van der Waals surface area contributed by atoms with E-state index in [4.69, 9.17) is 27.9 Å². The lowest BCUT2D eigenvalue weighted by molar-refractivity contribution is 0.0943. The first-order chi connectivity index (χ1) is 11.5. The molecule has 0 spiro atoms. The molecule has 0 atom stereocenters. The molecule has 0 fully saturated rings. The molecule has 0 aliphatic carbocycles. The van der Waals surface area contributed by atoms with Crippen LogP contribution >= 0.6 is 23.2 Å². The third-order valence-electron chi connectivity index (χ3n) is 3.10. The summed E-state index contributed by atoms with van der Waals surface area (Å²) in [4.78, 5) is 20.7. The number of aromatic nitrogens is 2. The number of hydrogen-bond donors (Lipinski definition) is 2. The van der Waals surface area contributed by atoms with Crippen LogP contribution in [0.25, 0.3) is 0 Å². The number of halogens is 2. The monoisotopic (exact) mass is 368 g/mol. The zero-order valence-electron chi connectivity index (χ0n) is 13.4. The first kappa shape index (κ1) is 18.4. The van der Waals surface area contributed by atoms with E-state index >= 15 is 0 Å². The molecule has 0 aliphatic heterocycles. The van der Waals surface area contributed by atoms with E-state index in [-0.39, 0.29) is 17.5 Å². The van der Waals surface area contributed by atoms with Gasteiger partial charge in [0.1, 0.15) is 5.69 Å². The minimum Gasteiger partial charge on any atom is -0.385 e. The van der Waals surface area contributed by atoms with Gasteiger partial charge in [-0.15, -0.1) is 0 Å². The Balaban J connectivity index is 2.15.